The van der Waals surface area contributed by atoms with E-state index in [1.807, 2.05) is 73.2 Å². The van der Waals surface area contributed by atoms with Crippen LogP contribution < -0.4 is 14.2 Å². The molecule has 0 unspecified atom stereocenters. The van der Waals surface area contributed by atoms with E-state index in [4.69, 9.17) is 59.0 Å². The van der Waals surface area contributed by atoms with Gasteiger partial charge in [0.15, 0.2) is 16.1 Å². The Morgan fingerprint density at radius 1 is 0.403 bits per heavy atom. The maximum absolute atomic E-state index is 5.72. The van der Waals surface area contributed by atoms with Gasteiger partial charge in [-0.3, -0.25) is 0 Å². The molecule has 0 aliphatic carbocycles. The molecule has 0 spiro atoms. The smallest absolute Gasteiger partial charge is 0.261 e. The lowest BCUT2D eigenvalue weighted by atomic mass is 10.2. The third kappa shape index (κ3) is 51.0. The van der Waals surface area contributed by atoms with E-state index in [0.29, 0.717) is 41.0 Å². The molecule has 0 amide bonds. The van der Waals surface area contributed by atoms with Crippen LogP contribution in [-0.4, -0.2) is 39.6 Å². The van der Waals surface area contributed by atoms with Gasteiger partial charge in [0.1, 0.15) is 13.2 Å². The highest BCUT2D eigenvalue weighted by Gasteiger charge is 2.09. The number of ether oxygens (including phenoxy) is 3. The zero-order chi connectivity index (χ0) is 55.8. The Morgan fingerprint density at radius 2 is 0.675 bits per heavy atom. The first-order valence-electron chi connectivity index (χ1n) is 17.5. The van der Waals surface area contributed by atoms with Crippen LogP contribution in [0.15, 0.2) is 89.9 Å². The summed E-state index contributed by atoms with van der Waals surface area (Å²) in [5.74, 6) is 1.60. The van der Waals surface area contributed by atoms with Crippen LogP contribution in [0.25, 0.3) is 6.08 Å². The Labute approximate surface area is 581 Å². The van der Waals surface area contributed by atoms with Crippen molar-refractivity contribution < 1.29 is 14.2 Å². The fourth-order valence-electron chi connectivity index (χ4n) is 3.22. The van der Waals surface area contributed by atoms with E-state index in [-0.39, 0.29) is 0 Å². The molecule has 2 aromatic carbocycles. The predicted molar refractivity (Wildman–Crippen MR) is 448 cm³/mol. The molecule has 0 saturated heterocycles. The summed E-state index contributed by atoms with van der Waals surface area (Å²) in [5.41, 5.74) is 3.00. The molecule has 4 aromatic rings. The minimum atomic E-state index is 0.460. The van der Waals surface area contributed by atoms with Gasteiger partial charge in [-0.2, -0.15) is 9.97 Å². The minimum absolute atomic E-state index is 0.460. The molecule has 0 aliphatic heterocycles. The average molecular weight is 1840 g/mol. The first-order chi connectivity index (χ1) is 38.0. The molecule has 0 fully saturated rings. The van der Waals surface area contributed by atoms with Gasteiger partial charge in [0, 0.05) is 380 Å². The van der Waals surface area contributed by atoms with Crippen molar-refractivity contribution in [1.29, 1.82) is 0 Å². The summed E-state index contributed by atoms with van der Waals surface area (Å²) in [6.45, 7) is 4.69. The van der Waals surface area contributed by atoms with Gasteiger partial charge in [-0.05, 0) is 23.6 Å². The Balaban J connectivity index is 0.000000514. The Morgan fingerprint density at radius 3 is 0.948 bits per heavy atom. The molecule has 0 N–H and O–H groups in total. The van der Waals surface area contributed by atoms with Crippen molar-refractivity contribution in [3.05, 3.63) is 96.3 Å². The molecule has 7 nitrogen and oxygen atoms in total. The molecular weight excluding hydrogens is 1810 g/mol. The summed E-state index contributed by atoms with van der Waals surface area (Å²) < 4.78 is 16.6. The lowest BCUT2D eigenvalue weighted by Crippen LogP contribution is -2.01. The monoisotopic (exact) mass is 1830 g/mol. The normalized spacial score (nSPS) is 8.66. The molecular formula is C27H28N4O3S43. The number of aromatic nitrogens is 4. The van der Waals surface area contributed by atoms with Crippen LogP contribution in [0.5, 0.6) is 17.5 Å². The lowest BCUT2D eigenvalue weighted by molar-refractivity contribution is 0.268. The topological polar surface area (TPSA) is 79.3 Å². The third-order valence-electron chi connectivity index (χ3n) is 5.67. The van der Waals surface area contributed by atoms with Crippen LogP contribution in [0.1, 0.15) is 16.7 Å². The lowest BCUT2D eigenvalue weighted by Gasteiger charge is -2.09. The maximum atomic E-state index is 5.72. The minimum Gasteiger partial charge on any atom is -0.490 e. The van der Waals surface area contributed by atoms with Crippen molar-refractivity contribution in [3.63, 3.8) is 0 Å². The predicted octanol–water partition coefficient (Wildman–Crippen LogP) is 6.11. The standard InChI is InChI=1S/C14H14N2OS.C13H14N2O2S.S21.S20/c1-3-12-9-15-14(18-2)16-13(12)17-10-11-7-5-4-6-8-11;1-16-11-8-14-13(18-2)15-12(11)17-9-10-6-4-3-5-7-10;1-3-5-7-9-11-13-15-17-19-21-20-18-16-14-12-10-8-6-4-2;1-3-5-7-9-11-13-15-17-19-20-18-16-14-12-10-8-6-4-2/h3-9H,1,10H2,2H3;3-8H,9H2,1-2H3;;. The largest absolute Gasteiger partial charge is 0.490 e. The van der Waals surface area contributed by atoms with Gasteiger partial charge < -0.3 is 14.2 Å². The Hall–Kier alpha value is 5.46. The van der Waals surface area contributed by atoms with Gasteiger partial charge in [-0.25, -0.2) is 9.97 Å². The summed E-state index contributed by atoms with van der Waals surface area (Å²) in [6.07, 6.45) is 8.91. The Bertz CT molecular complexity index is 4160. The summed E-state index contributed by atoms with van der Waals surface area (Å²) >= 11 is 22.0. The molecule has 50 heteroatoms. The van der Waals surface area contributed by atoms with E-state index in [0.717, 1.165) is 16.7 Å². The second kappa shape index (κ2) is 64.4. The highest BCUT2D eigenvalue weighted by Crippen LogP contribution is 2.26. The first-order valence-corrected chi connectivity index (χ1v) is 71.9. The summed E-state index contributed by atoms with van der Waals surface area (Å²) in [4.78, 5) is 16.9. The zero-order valence-corrected chi connectivity index (χ0v) is 72.3. The maximum Gasteiger partial charge on any atom is 0.261 e. The summed E-state index contributed by atoms with van der Waals surface area (Å²) in [7, 11) is 65.0. The second-order valence-electron chi connectivity index (χ2n) is 9.62. The van der Waals surface area contributed by atoms with Gasteiger partial charge >= 0.3 is 0 Å². The first kappa shape index (κ1) is 80.5. The van der Waals surface area contributed by atoms with E-state index in [2.05, 4.69) is 26.5 Å². The van der Waals surface area contributed by atoms with Gasteiger partial charge in [-0.15, -0.1) is 0 Å². The van der Waals surface area contributed by atoms with Crippen LogP contribution in [0.3, 0.4) is 0 Å². The number of benzene rings is 2. The van der Waals surface area contributed by atoms with Gasteiger partial charge in [0.2, 0.25) is 5.88 Å². The average Bonchev–Trinajstić information content (AvgIpc) is 3.47. The molecule has 0 aliphatic rings. The molecule has 77 heavy (non-hydrogen) atoms. The number of hydrogen-bond acceptors (Lipinski definition) is 13. The number of methoxy groups -OCH3 is 1. The molecule has 4 rings (SSSR count). The van der Waals surface area contributed by atoms with Crippen molar-refractivity contribution in [2.24, 2.45) is 0 Å². The third-order valence-corrected chi connectivity index (χ3v) is 84.6. The van der Waals surface area contributed by atoms with Crippen molar-refractivity contribution in [1.82, 2.24) is 19.9 Å². The summed E-state index contributed by atoms with van der Waals surface area (Å²) in [5, 5.41) is 1.36. The molecule has 0 bridgehead atoms. The van der Waals surface area contributed by atoms with Crippen molar-refractivity contribution in [2.45, 2.75) is 23.5 Å². The van der Waals surface area contributed by atoms with Crippen LogP contribution in [0.2, 0.25) is 0 Å². The number of thioether (sulfide) groups is 2. The van der Waals surface area contributed by atoms with Crippen LogP contribution in [-0.2, 0) is 387 Å². The molecule has 432 valence electrons. The van der Waals surface area contributed by atoms with E-state index in [9.17, 15) is 0 Å². The highest BCUT2D eigenvalue weighted by atomic mass is 33.5. The number of rotatable bonds is 10. The second-order valence-corrected chi connectivity index (χ2v) is 76.6. The number of hydrogen-bond donors (Lipinski definition) is 0. The quantitative estimate of drug-likeness (QED) is 0.136. The molecule has 0 atom stereocenters. The van der Waals surface area contributed by atoms with Crippen LogP contribution in [0, 0.1) is 0 Å². The zero-order valence-electron chi connectivity index (χ0n) is 37.2. The van der Waals surface area contributed by atoms with E-state index in [1.54, 1.807) is 319 Å². The van der Waals surface area contributed by atoms with Crippen molar-refractivity contribution in [3.8, 4) is 17.5 Å². The molecule has 2 heterocycles. The summed E-state index contributed by atoms with van der Waals surface area (Å²) in [6, 6.07) is 19.9. The Kier molecular flexibility index (Phi) is 67.4. The van der Waals surface area contributed by atoms with Crippen molar-refractivity contribution >= 4 is 403 Å². The number of nitrogens with zero attached hydrogens (tertiary/aromatic N) is 4. The fraction of sp³-hybridized carbons (Fsp3) is 0.185. The SMILES string of the molecule is C=Cc1cnc(SC)nc1OCc1ccccc1.COc1cnc(SC)nc1OCc1ccccc1.S=S=S=S=S=S=S=S=S=S=S=S=S=S=S=S=S=S=S=S.S=S=S=S=S=S=S=S=S=S=S=S=S=S=S=S=S=S=S=S=S. The van der Waals surface area contributed by atoms with E-state index in [1.165, 1.54) is 59.0 Å². The van der Waals surface area contributed by atoms with Gasteiger partial charge in [0.25, 0.3) is 5.88 Å². The van der Waals surface area contributed by atoms with E-state index < -0.39 is 0 Å². The van der Waals surface area contributed by atoms with Crippen molar-refractivity contribution in [2.75, 3.05) is 19.6 Å². The van der Waals surface area contributed by atoms with Gasteiger partial charge in [0.05, 0.1) is 18.9 Å². The van der Waals surface area contributed by atoms with Crippen LogP contribution >= 0.6 is 23.5 Å². The molecule has 2 aromatic heterocycles. The van der Waals surface area contributed by atoms with Crippen LogP contribution in [0.4, 0.5) is 0 Å². The molecule has 0 radical (unpaired) electrons. The van der Waals surface area contributed by atoms with Gasteiger partial charge in [-0.1, -0.05) is 96.8 Å². The van der Waals surface area contributed by atoms with E-state index >= 15 is 0 Å². The highest BCUT2D eigenvalue weighted by molar-refractivity contribution is 8.80. The fourth-order valence-corrected chi connectivity index (χ4v) is 94.4. The molecule has 0 saturated carbocycles.